The maximum absolute atomic E-state index is 12.2. The number of nitrogens with zero attached hydrogens (tertiary/aromatic N) is 1. The van der Waals surface area contributed by atoms with E-state index >= 15 is 0 Å². The molecule has 2 N–H and O–H groups in total. The van der Waals surface area contributed by atoms with Gasteiger partial charge in [0.2, 0.25) is 0 Å². The number of hydrogen-bond donors (Lipinski definition) is 2. The number of halogens is 3. The first kappa shape index (κ1) is 20.1. The molecule has 138 valence electrons. The molecule has 8 heteroatoms. The highest BCUT2D eigenvalue weighted by atomic mass is 35.5. The number of ether oxygens (including phenoxy) is 1. The van der Waals surface area contributed by atoms with Crippen molar-refractivity contribution >= 4 is 40.3 Å². The summed E-state index contributed by atoms with van der Waals surface area (Å²) in [5.74, 6) is 0.0979. The molecule has 0 amide bonds. The molecule has 0 bridgehead atoms. The SMILES string of the molecule is CC/C(=N/NC(=S)Nc1cccc(Cl)c1C)c1ccc(OC(F)F)cc1. The summed E-state index contributed by atoms with van der Waals surface area (Å²) in [7, 11) is 0. The minimum Gasteiger partial charge on any atom is -0.435 e. The van der Waals surface area contributed by atoms with Crippen molar-refractivity contribution in [3.63, 3.8) is 0 Å². The van der Waals surface area contributed by atoms with Crippen molar-refractivity contribution in [1.29, 1.82) is 0 Å². The van der Waals surface area contributed by atoms with Gasteiger partial charge in [-0.25, -0.2) is 0 Å². The molecule has 0 aliphatic heterocycles. The predicted octanol–water partition coefficient (Wildman–Crippen LogP) is 5.35. The fourth-order valence-corrected chi connectivity index (χ4v) is 2.52. The lowest BCUT2D eigenvalue weighted by molar-refractivity contribution is -0.0498. The van der Waals surface area contributed by atoms with E-state index < -0.39 is 6.61 Å². The van der Waals surface area contributed by atoms with Crippen LogP contribution in [0.1, 0.15) is 24.5 Å². The fraction of sp³-hybridized carbons (Fsp3) is 0.222. The third kappa shape index (κ3) is 5.64. The van der Waals surface area contributed by atoms with Crippen LogP contribution in [0.5, 0.6) is 5.75 Å². The summed E-state index contributed by atoms with van der Waals surface area (Å²) in [6, 6.07) is 11.8. The maximum Gasteiger partial charge on any atom is 0.387 e. The largest absolute Gasteiger partial charge is 0.435 e. The molecular formula is C18H18ClF2N3OS. The van der Waals surface area contributed by atoms with Gasteiger partial charge in [0.1, 0.15) is 5.75 Å². The number of anilines is 1. The second-order valence-electron chi connectivity index (χ2n) is 5.29. The van der Waals surface area contributed by atoms with Crippen molar-refractivity contribution in [2.45, 2.75) is 26.9 Å². The van der Waals surface area contributed by atoms with Crippen molar-refractivity contribution in [1.82, 2.24) is 5.43 Å². The van der Waals surface area contributed by atoms with Crippen LogP contribution in [0.4, 0.5) is 14.5 Å². The van der Waals surface area contributed by atoms with Gasteiger partial charge in [0, 0.05) is 10.7 Å². The Balaban J connectivity index is 2.04. The van der Waals surface area contributed by atoms with Crippen molar-refractivity contribution in [2.24, 2.45) is 5.10 Å². The van der Waals surface area contributed by atoms with Crippen molar-refractivity contribution < 1.29 is 13.5 Å². The van der Waals surface area contributed by atoms with Gasteiger partial charge in [-0.1, -0.05) is 24.6 Å². The average Bonchev–Trinajstić information content (AvgIpc) is 2.60. The summed E-state index contributed by atoms with van der Waals surface area (Å²) in [6.07, 6.45) is 0.626. The van der Waals surface area contributed by atoms with Gasteiger partial charge in [0.25, 0.3) is 0 Å². The van der Waals surface area contributed by atoms with E-state index in [0.29, 0.717) is 16.6 Å². The molecular weight excluding hydrogens is 380 g/mol. The first-order chi connectivity index (χ1) is 12.4. The van der Waals surface area contributed by atoms with E-state index in [4.69, 9.17) is 23.8 Å². The molecule has 0 saturated heterocycles. The van der Waals surface area contributed by atoms with Crippen LogP contribution < -0.4 is 15.5 Å². The van der Waals surface area contributed by atoms with E-state index in [9.17, 15) is 8.78 Å². The third-order valence-electron chi connectivity index (χ3n) is 3.56. The summed E-state index contributed by atoms with van der Waals surface area (Å²) in [5.41, 5.74) is 5.96. The zero-order chi connectivity index (χ0) is 19.1. The predicted molar refractivity (Wildman–Crippen MR) is 105 cm³/mol. The van der Waals surface area contributed by atoms with E-state index in [1.807, 2.05) is 26.0 Å². The molecule has 2 aromatic carbocycles. The topological polar surface area (TPSA) is 45.7 Å². The molecule has 0 aromatic heterocycles. The van der Waals surface area contributed by atoms with Crippen LogP contribution in [-0.2, 0) is 0 Å². The molecule has 0 aliphatic rings. The smallest absolute Gasteiger partial charge is 0.387 e. The lowest BCUT2D eigenvalue weighted by Gasteiger charge is -2.12. The molecule has 4 nitrogen and oxygen atoms in total. The Morgan fingerprint density at radius 3 is 2.54 bits per heavy atom. The number of hydrazone groups is 1. The van der Waals surface area contributed by atoms with Crippen LogP contribution in [-0.4, -0.2) is 17.4 Å². The number of nitrogens with one attached hydrogen (secondary N) is 2. The lowest BCUT2D eigenvalue weighted by Crippen LogP contribution is -2.25. The summed E-state index contributed by atoms with van der Waals surface area (Å²) in [6.45, 7) is 0.971. The third-order valence-corrected chi connectivity index (χ3v) is 4.16. The van der Waals surface area contributed by atoms with Gasteiger partial charge in [-0.05, 0) is 73.1 Å². The Bertz CT molecular complexity index is 798. The van der Waals surface area contributed by atoms with Crippen LogP contribution in [0.3, 0.4) is 0 Å². The standard InChI is InChI=1S/C18H18ClF2N3OS/c1-3-15(12-7-9-13(10-8-12)25-17(20)21)23-24-18(26)22-16-6-4-5-14(19)11(16)2/h4-10,17H,3H2,1-2H3,(H2,22,24,26)/b23-15-. The molecule has 0 unspecified atom stereocenters. The molecule has 0 atom stereocenters. The van der Waals surface area contributed by atoms with Crippen LogP contribution in [0, 0.1) is 6.92 Å². The van der Waals surface area contributed by atoms with Gasteiger partial charge >= 0.3 is 6.61 Å². The van der Waals surface area contributed by atoms with Crippen molar-refractivity contribution in [2.75, 3.05) is 5.32 Å². The molecule has 2 rings (SSSR count). The van der Waals surface area contributed by atoms with Gasteiger partial charge in [0.05, 0.1) is 5.71 Å². The summed E-state index contributed by atoms with van der Waals surface area (Å²) in [5, 5.41) is 8.29. The quantitative estimate of drug-likeness (QED) is 0.392. The second kappa shape index (κ2) is 9.45. The van der Waals surface area contributed by atoms with E-state index in [0.717, 1.165) is 22.5 Å². The number of alkyl halides is 2. The minimum atomic E-state index is -2.85. The molecule has 0 spiro atoms. The molecule has 0 fully saturated rings. The van der Waals surface area contributed by atoms with Gasteiger partial charge in [-0.15, -0.1) is 0 Å². The molecule has 2 aromatic rings. The first-order valence-corrected chi connectivity index (χ1v) is 8.63. The molecule has 0 aliphatic carbocycles. The zero-order valence-corrected chi connectivity index (χ0v) is 15.8. The maximum atomic E-state index is 12.2. The highest BCUT2D eigenvalue weighted by Crippen LogP contribution is 2.22. The highest BCUT2D eigenvalue weighted by molar-refractivity contribution is 7.80. The van der Waals surface area contributed by atoms with Crippen LogP contribution >= 0.6 is 23.8 Å². The minimum absolute atomic E-state index is 0.0979. The number of thiocarbonyl (C=S) groups is 1. The average molecular weight is 398 g/mol. The first-order valence-electron chi connectivity index (χ1n) is 7.84. The Kier molecular flexibility index (Phi) is 7.29. The molecule has 26 heavy (non-hydrogen) atoms. The lowest BCUT2D eigenvalue weighted by atomic mass is 10.1. The van der Waals surface area contributed by atoms with Crippen LogP contribution in [0.25, 0.3) is 0 Å². The second-order valence-corrected chi connectivity index (χ2v) is 6.11. The molecule has 0 saturated carbocycles. The van der Waals surface area contributed by atoms with Gasteiger partial charge in [0.15, 0.2) is 5.11 Å². The number of rotatable bonds is 6. The monoisotopic (exact) mass is 397 g/mol. The fourth-order valence-electron chi connectivity index (χ4n) is 2.19. The number of benzene rings is 2. The van der Waals surface area contributed by atoms with Gasteiger partial charge < -0.3 is 10.1 Å². The van der Waals surface area contributed by atoms with Crippen molar-refractivity contribution in [3.05, 3.63) is 58.6 Å². The molecule has 0 radical (unpaired) electrons. The Labute approximate surface area is 161 Å². The highest BCUT2D eigenvalue weighted by Gasteiger charge is 2.07. The number of hydrogen-bond acceptors (Lipinski definition) is 3. The van der Waals surface area contributed by atoms with Gasteiger partial charge in [-0.2, -0.15) is 13.9 Å². The summed E-state index contributed by atoms with van der Waals surface area (Å²) >= 11 is 11.3. The van der Waals surface area contributed by atoms with Crippen LogP contribution in [0.15, 0.2) is 47.6 Å². The zero-order valence-electron chi connectivity index (χ0n) is 14.2. The molecule has 0 heterocycles. The van der Waals surface area contributed by atoms with Gasteiger partial charge in [-0.3, -0.25) is 5.43 Å². The van der Waals surface area contributed by atoms with E-state index in [-0.39, 0.29) is 5.75 Å². The van der Waals surface area contributed by atoms with E-state index in [1.165, 1.54) is 12.1 Å². The summed E-state index contributed by atoms with van der Waals surface area (Å²) in [4.78, 5) is 0. The van der Waals surface area contributed by atoms with Crippen molar-refractivity contribution in [3.8, 4) is 5.75 Å². The Morgan fingerprint density at radius 2 is 1.92 bits per heavy atom. The Hall–Kier alpha value is -2.25. The summed E-state index contributed by atoms with van der Waals surface area (Å²) < 4.78 is 28.7. The van der Waals surface area contributed by atoms with Crippen LogP contribution in [0.2, 0.25) is 5.02 Å². The van der Waals surface area contributed by atoms with E-state index in [2.05, 4.69) is 20.6 Å². The normalized spacial score (nSPS) is 11.4. The Morgan fingerprint density at radius 1 is 1.23 bits per heavy atom. The van der Waals surface area contributed by atoms with E-state index in [1.54, 1.807) is 18.2 Å².